The second-order valence-electron chi connectivity index (χ2n) is 5.24. The standard InChI is InChI=1S/C15H22O/c1-3-11(2)8-14(16)10-13-9-12-6-4-5-7-15(12)13/h4-7,11,13-14,16H,3,8-10H2,1-2H3. The number of hydrogen-bond donors (Lipinski definition) is 1. The molecule has 1 nitrogen and oxygen atoms in total. The van der Waals surface area contributed by atoms with E-state index in [1.54, 1.807) is 0 Å². The van der Waals surface area contributed by atoms with Gasteiger partial charge in [0.15, 0.2) is 0 Å². The molecule has 0 radical (unpaired) electrons. The molecule has 16 heavy (non-hydrogen) atoms. The SMILES string of the molecule is CCC(C)CC(O)CC1Cc2ccccc21. The lowest BCUT2D eigenvalue weighted by Gasteiger charge is -2.32. The zero-order valence-corrected chi connectivity index (χ0v) is 10.3. The Morgan fingerprint density at radius 1 is 1.38 bits per heavy atom. The Labute approximate surface area is 98.5 Å². The molecule has 0 bridgehead atoms. The van der Waals surface area contributed by atoms with Crippen molar-refractivity contribution in [2.24, 2.45) is 5.92 Å². The summed E-state index contributed by atoms with van der Waals surface area (Å²) in [5.74, 6) is 1.25. The zero-order chi connectivity index (χ0) is 11.5. The highest BCUT2D eigenvalue weighted by Crippen LogP contribution is 2.38. The number of aliphatic hydroxyl groups excluding tert-OH is 1. The largest absolute Gasteiger partial charge is 0.393 e. The molecular formula is C15H22O. The van der Waals surface area contributed by atoms with Crippen molar-refractivity contribution in [3.63, 3.8) is 0 Å². The maximum absolute atomic E-state index is 10.0. The van der Waals surface area contributed by atoms with Gasteiger partial charge in [-0.2, -0.15) is 0 Å². The summed E-state index contributed by atoms with van der Waals surface area (Å²) in [5.41, 5.74) is 2.94. The fourth-order valence-electron chi connectivity index (χ4n) is 2.63. The summed E-state index contributed by atoms with van der Waals surface area (Å²) in [6.45, 7) is 4.41. The molecule has 0 aliphatic heterocycles. The smallest absolute Gasteiger partial charge is 0.0548 e. The first-order valence-corrected chi connectivity index (χ1v) is 6.46. The molecular weight excluding hydrogens is 196 g/mol. The lowest BCUT2D eigenvalue weighted by Crippen LogP contribution is -2.23. The average Bonchev–Trinajstić information content (AvgIpc) is 2.26. The van der Waals surface area contributed by atoms with Gasteiger partial charge in [0.1, 0.15) is 0 Å². The third-order valence-corrected chi connectivity index (χ3v) is 3.89. The highest BCUT2D eigenvalue weighted by atomic mass is 16.3. The molecule has 88 valence electrons. The van der Waals surface area contributed by atoms with Crippen molar-refractivity contribution in [3.8, 4) is 0 Å². The molecule has 0 saturated heterocycles. The first-order valence-electron chi connectivity index (χ1n) is 6.46. The molecule has 1 heteroatoms. The van der Waals surface area contributed by atoms with Crippen molar-refractivity contribution in [3.05, 3.63) is 35.4 Å². The Morgan fingerprint density at radius 3 is 2.81 bits per heavy atom. The number of hydrogen-bond acceptors (Lipinski definition) is 1. The summed E-state index contributed by atoms with van der Waals surface area (Å²) < 4.78 is 0. The van der Waals surface area contributed by atoms with Crippen LogP contribution in [-0.4, -0.2) is 11.2 Å². The molecule has 3 atom stereocenters. The van der Waals surface area contributed by atoms with Crippen molar-refractivity contribution < 1.29 is 5.11 Å². The quantitative estimate of drug-likeness (QED) is 0.801. The van der Waals surface area contributed by atoms with E-state index in [1.165, 1.54) is 11.1 Å². The van der Waals surface area contributed by atoms with Gasteiger partial charge in [-0.3, -0.25) is 0 Å². The molecule has 0 heterocycles. The number of rotatable bonds is 5. The summed E-state index contributed by atoms with van der Waals surface area (Å²) >= 11 is 0. The molecule has 1 aromatic rings. The van der Waals surface area contributed by atoms with E-state index >= 15 is 0 Å². The van der Waals surface area contributed by atoms with E-state index < -0.39 is 0 Å². The van der Waals surface area contributed by atoms with E-state index in [-0.39, 0.29) is 6.10 Å². The Hall–Kier alpha value is -0.820. The van der Waals surface area contributed by atoms with Crippen LogP contribution in [0.4, 0.5) is 0 Å². The van der Waals surface area contributed by atoms with Crippen LogP contribution in [-0.2, 0) is 6.42 Å². The summed E-state index contributed by atoms with van der Waals surface area (Å²) in [6, 6.07) is 8.61. The van der Waals surface area contributed by atoms with E-state index in [2.05, 4.69) is 38.1 Å². The first kappa shape index (κ1) is 11.7. The molecule has 3 unspecified atom stereocenters. The molecule has 1 aromatic carbocycles. The minimum atomic E-state index is -0.117. The lowest BCUT2D eigenvalue weighted by atomic mass is 9.74. The van der Waals surface area contributed by atoms with Gasteiger partial charge in [-0.25, -0.2) is 0 Å². The lowest BCUT2D eigenvalue weighted by molar-refractivity contribution is 0.124. The van der Waals surface area contributed by atoms with Gasteiger partial charge in [0, 0.05) is 0 Å². The Kier molecular flexibility index (Phi) is 3.65. The van der Waals surface area contributed by atoms with Crippen LogP contribution in [0, 0.1) is 5.92 Å². The van der Waals surface area contributed by atoms with Crippen LogP contribution in [0.15, 0.2) is 24.3 Å². The Morgan fingerprint density at radius 2 is 2.12 bits per heavy atom. The first-order chi connectivity index (χ1) is 7.70. The maximum atomic E-state index is 10.0. The fourth-order valence-corrected chi connectivity index (χ4v) is 2.63. The molecule has 0 amide bonds. The van der Waals surface area contributed by atoms with Crippen molar-refractivity contribution >= 4 is 0 Å². The molecule has 1 aliphatic rings. The number of benzene rings is 1. The van der Waals surface area contributed by atoms with Crippen molar-refractivity contribution in [1.29, 1.82) is 0 Å². The Balaban J connectivity index is 1.85. The predicted molar refractivity (Wildman–Crippen MR) is 67.6 cm³/mol. The van der Waals surface area contributed by atoms with Gasteiger partial charge in [-0.1, -0.05) is 44.5 Å². The molecule has 0 spiro atoms. The minimum Gasteiger partial charge on any atom is -0.393 e. The molecule has 0 fully saturated rings. The van der Waals surface area contributed by atoms with Crippen molar-refractivity contribution in [2.45, 2.75) is 51.6 Å². The van der Waals surface area contributed by atoms with Crippen LogP contribution in [0.5, 0.6) is 0 Å². The van der Waals surface area contributed by atoms with Gasteiger partial charge < -0.3 is 5.11 Å². The fraction of sp³-hybridized carbons (Fsp3) is 0.600. The van der Waals surface area contributed by atoms with Gasteiger partial charge >= 0.3 is 0 Å². The monoisotopic (exact) mass is 218 g/mol. The molecule has 0 saturated carbocycles. The predicted octanol–water partition coefficient (Wildman–Crippen LogP) is 3.51. The number of aliphatic hydroxyl groups is 1. The van der Waals surface area contributed by atoms with E-state index in [9.17, 15) is 5.11 Å². The van der Waals surface area contributed by atoms with Crippen LogP contribution < -0.4 is 0 Å². The second-order valence-corrected chi connectivity index (χ2v) is 5.24. The number of fused-ring (bicyclic) bond motifs is 1. The summed E-state index contributed by atoms with van der Waals surface area (Å²) in [6.07, 6.45) is 4.11. The highest BCUT2D eigenvalue weighted by molar-refractivity contribution is 5.39. The van der Waals surface area contributed by atoms with E-state index in [1.807, 2.05) is 0 Å². The van der Waals surface area contributed by atoms with Gasteiger partial charge in [0.2, 0.25) is 0 Å². The third kappa shape index (κ3) is 2.46. The Bertz CT molecular complexity index is 345. The van der Waals surface area contributed by atoms with Crippen LogP contribution in [0.1, 0.15) is 50.2 Å². The molecule has 2 rings (SSSR count). The van der Waals surface area contributed by atoms with E-state index in [4.69, 9.17) is 0 Å². The third-order valence-electron chi connectivity index (χ3n) is 3.89. The van der Waals surface area contributed by atoms with Gasteiger partial charge in [0.25, 0.3) is 0 Å². The van der Waals surface area contributed by atoms with E-state index in [0.717, 1.165) is 25.7 Å². The molecule has 1 N–H and O–H groups in total. The van der Waals surface area contributed by atoms with Crippen LogP contribution in [0.2, 0.25) is 0 Å². The van der Waals surface area contributed by atoms with Crippen molar-refractivity contribution in [1.82, 2.24) is 0 Å². The van der Waals surface area contributed by atoms with Gasteiger partial charge in [-0.15, -0.1) is 0 Å². The second kappa shape index (κ2) is 5.01. The topological polar surface area (TPSA) is 20.2 Å². The highest BCUT2D eigenvalue weighted by Gasteiger charge is 2.27. The maximum Gasteiger partial charge on any atom is 0.0548 e. The summed E-state index contributed by atoms with van der Waals surface area (Å²) in [5, 5.41) is 10.0. The average molecular weight is 218 g/mol. The summed E-state index contributed by atoms with van der Waals surface area (Å²) in [4.78, 5) is 0. The van der Waals surface area contributed by atoms with Crippen LogP contribution in [0.25, 0.3) is 0 Å². The summed E-state index contributed by atoms with van der Waals surface area (Å²) in [7, 11) is 0. The van der Waals surface area contributed by atoms with Gasteiger partial charge in [-0.05, 0) is 42.2 Å². The van der Waals surface area contributed by atoms with Gasteiger partial charge in [0.05, 0.1) is 6.10 Å². The molecule has 1 aliphatic carbocycles. The van der Waals surface area contributed by atoms with Crippen LogP contribution >= 0.6 is 0 Å². The zero-order valence-electron chi connectivity index (χ0n) is 10.3. The van der Waals surface area contributed by atoms with Crippen LogP contribution in [0.3, 0.4) is 0 Å². The molecule has 0 aromatic heterocycles. The normalized spacial score (nSPS) is 22.1. The van der Waals surface area contributed by atoms with E-state index in [0.29, 0.717) is 11.8 Å². The minimum absolute atomic E-state index is 0.117. The van der Waals surface area contributed by atoms with Crippen molar-refractivity contribution in [2.75, 3.05) is 0 Å².